The largest absolute Gasteiger partial charge is 0.350 e. The van der Waals surface area contributed by atoms with Crippen LogP contribution in [0.1, 0.15) is 56.9 Å². The van der Waals surface area contributed by atoms with Gasteiger partial charge in [0.2, 0.25) is 11.8 Å². The molecule has 4 nitrogen and oxygen atoms in total. The zero-order valence-electron chi connectivity index (χ0n) is 16.3. The molecular formula is C23H29ClN2O2. The summed E-state index contributed by atoms with van der Waals surface area (Å²) in [5.74, 6) is 2.50. The van der Waals surface area contributed by atoms with Crippen LogP contribution in [0.15, 0.2) is 24.3 Å². The van der Waals surface area contributed by atoms with E-state index >= 15 is 0 Å². The molecule has 4 aliphatic carbocycles. The van der Waals surface area contributed by atoms with E-state index in [2.05, 4.69) is 5.32 Å². The van der Waals surface area contributed by atoms with E-state index in [9.17, 15) is 9.59 Å². The highest BCUT2D eigenvalue weighted by atomic mass is 35.5. The fourth-order valence-corrected chi connectivity index (χ4v) is 7.13. The molecule has 6 rings (SSSR count). The fraction of sp³-hybridized carbons (Fsp3) is 0.652. The summed E-state index contributed by atoms with van der Waals surface area (Å²) in [6.45, 7) is 1.19. The maximum absolute atomic E-state index is 13.7. The second-order valence-electron chi connectivity index (χ2n) is 9.70. The van der Waals surface area contributed by atoms with E-state index in [1.54, 1.807) is 0 Å². The molecule has 0 aromatic heterocycles. The minimum absolute atomic E-state index is 0.0180. The van der Waals surface area contributed by atoms with Gasteiger partial charge in [0.05, 0.1) is 5.41 Å². The lowest BCUT2D eigenvalue weighted by atomic mass is 9.49. The number of nitrogens with one attached hydrogen (secondary N) is 1. The molecule has 0 spiro atoms. The number of amides is 2. The average molecular weight is 401 g/mol. The first-order chi connectivity index (χ1) is 13.5. The summed E-state index contributed by atoms with van der Waals surface area (Å²) in [7, 11) is 0. The van der Waals surface area contributed by atoms with Gasteiger partial charge in [0.1, 0.15) is 6.04 Å². The zero-order valence-corrected chi connectivity index (χ0v) is 17.1. The Balaban J connectivity index is 1.27. The van der Waals surface area contributed by atoms with Crippen LogP contribution in [-0.2, 0) is 16.1 Å². The van der Waals surface area contributed by atoms with Crippen molar-refractivity contribution < 1.29 is 9.59 Å². The summed E-state index contributed by atoms with van der Waals surface area (Å²) in [6.07, 6.45) is 8.87. The van der Waals surface area contributed by atoms with E-state index in [1.165, 1.54) is 19.3 Å². The molecule has 1 N–H and O–H groups in total. The summed E-state index contributed by atoms with van der Waals surface area (Å²) < 4.78 is 0. The van der Waals surface area contributed by atoms with E-state index < -0.39 is 0 Å². The quantitative estimate of drug-likeness (QED) is 0.824. The first kappa shape index (κ1) is 18.5. The predicted molar refractivity (Wildman–Crippen MR) is 109 cm³/mol. The Morgan fingerprint density at radius 3 is 2.43 bits per heavy atom. The van der Waals surface area contributed by atoms with Crippen LogP contribution >= 0.6 is 11.6 Å². The van der Waals surface area contributed by atoms with Gasteiger partial charge in [0.15, 0.2) is 0 Å². The van der Waals surface area contributed by atoms with Crippen molar-refractivity contribution in [2.75, 3.05) is 6.54 Å². The van der Waals surface area contributed by atoms with Gasteiger partial charge in [-0.1, -0.05) is 23.7 Å². The second-order valence-corrected chi connectivity index (χ2v) is 10.1. The molecule has 28 heavy (non-hydrogen) atoms. The molecule has 5 aliphatic rings. The van der Waals surface area contributed by atoms with Crippen molar-refractivity contribution in [2.24, 2.45) is 23.2 Å². The molecule has 1 saturated heterocycles. The lowest BCUT2D eigenvalue weighted by Gasteiger charge is -2.56. The van der Waals surface area contributed by atoms with Crippen molar-refractivity contribution in [3.8, 4) is 0 Å². The molecule has 1 aliphatic heterocycles. The van der Waals surface area contributed by atoms with Crippen molar-refractivity contribution in [1.29, 1.82) is 0 Å². The smallest absolute Gasteiger partial charge is 0.243 e. The number of hydrogen-bond acceptors (Lipinski definition) is 2. The standard InChI is InChI=1S/C23H29ClN2O2/c24-19-4-1-3-15(10-19)14-25-21(27)20-5-2-6-26(20)22(28)23-11-16-7-17(12-23)9-18(8-16)13-23/h1,3-4,10,16-18,20H,2,5-9,11-14H2,(H,25,27)/t16?,17?,18?,20-,23?/m1/s1. The number of halogens is 1. The maximum atomic E-state index is 13.7. The van der Waals surface area contributed by atoms with Crippen LogP contribution < -0.4 is 5.32 Å². The summed E-state index contributed by atoms with van der Waals surface area (Å²) >= 11 is 6.04. The van der Waals surface area contributed by atoms with Gasteiger partial charge < -0.3 is 10.2 Å². The number of benzene rings is 1. The minimum Gasteiger partial charge on any atom is -0.350 e. The highest BCUT2D eigenvalue weighted by Crippen LogP contribution is 2.60. The first-order valence-corrected chi connectivity index (χ1v) is 11.2. The molecule has 0 unspecified atom stereocenters. The van der Waals surface area contributed by atoms with Crippen molar-refractivity contribution >= 4 is 23.4 Å². The fourth-order valence-electron chi connectivity index (χ4n) is 6.91. The van der Waals surface area contributed by atoms with Gasteiger partial charge in [0.25, 0.3) is 0 Å². The first-order valence-electron chi connectivity index (χ1n) is 10.9. The minimum atomic E-state index is -0.306. The van der Waals surface area contributed by atoms with Crippen molar-refractivity contribution in [1.82, 2.24) is 10.2 Å². The predicted octanol–water partition coefficient (Wildman–Crippen LogP) is 4.16. The Bertz CT molecular complexity index is 757. The van der Waals surface area contributed by atoms with Gasteiger partial charge in [-0.05, 0) is 86.8 Å². The summed E-state index contributed by atoms with van der Waals surface area (Å²) in [6, 6.07) is 7.24. The molecule has 2 amide bonds. The van der Waals surface area contributed by atoms with E-state index in [0.29, 0.717) is 11.6 Å². The number of nitrogens with zero attached hydrogens (tertiary/aromatic N) is 1. The van der Waals surface area contributed by atoms with Crippen LogP contribution in [-0.4, -0.2) is 29.3 Å². The van der Waals surface area contributed by atoms with Gasteiger partial charge >= 0.3 is 0 Å². The normalized spacial score (nSPS) is 36.0. The third-order valence-electron chi connectivity index (χ3n) is 7.66. The summed E-state index contributed by atoms with van der Waals surface area (Å²) in [5, 5.41) is 3.71. The molecule has 150 valence electrons. The van der Waals surface area contributed by atoms with Crippen LogP contribution in [0.3, 0.4) is 0 Å². The van der Waals surface area contributed by atoms with E-state index in [-0.39, 0.29) is 23.3 Å². The number of carbonyl (C=O) groups excluding carboxylic acids is 2. The van der Waals surface area contributed by atoms with Gasteiger partial charge in [-0.3, -0.25) is 9.59 Å². The highest BCUT2D eigenvalue weighted by molar-refractivity contribution is 6.30. The average Bonchev–Trinajstić information content (AvgIpc) is 3.14. The van der Waals surface area contributed by atoms with E-state index in [1.807, 2.05) is 29.2 Å². The van der Waals surface area contributed by atoms with Crippen LogP contribution in [0.2, 0.25) is 5.02 Å². The van der Waals surface area contributed by atoms with Crippen molar-refractivity contribution in [3.63, 3.8) is 0 Å². The van der Waals surface area contributed by atoms with Crippen molar-refractivity contribution in [3.05, 3.63) is 34.9 Å². The third-order valence-corrected chi connectivity index (χ3v) is 7.90. The Morgan fingerprint density at radius 2 is 1.79 bits per heavy atom. The van der Waals surface area contributed by atoms with E-state index in [4.69, 9.17) is 11.6 Å². The van der Waals surface area contributed by atoms with E-state index in [0.717, 1.165) is 62.0 Å². The Kier molecular flexibility index (Phi) is 4.65. The van der Waals surface area contributed by atoms with Gasteiger partial charge in [-0.15, -0.1) is 0 Å². The molecule has 4 bridgehead atoms. The summed E-state index contributed by atoms with van der Waals surface area (Å²) in [4.78, 5) is 28.5. The molecule has 0 radical (unpaired) electrons. The van der Waals surface area contributed by atoms with Gasteiger partial charge in [-0.25, -0.2) is 0 Å². The van der Waals surface area contributed by atoms with Crippen molar-refractivity contribution in [2.45, 2.75) is 64.0 Å². The van der Waals surface area contributed by atoms with Gasteiger partial charge in [0, 0.05) is 18.1 Å². The zero-order chi connectivity index (χ0) is 19.3. The molecule has 1 atom stereocenters. The molecule has 1 heterocycles. The second kappa shape index (κ2) is 7.05. The monoisotopic (exact) mass is 400 g/mol. The maximum Gasteiger partial charge on any atom is 0.243 e. The lowest BCUT2D eigenvalue weighted by Crippen LogP contribution is -2.57. The van der Waals surface area contributed by atoms with Crippen LogP contribution in [0.25, 0.3) is 0 Å². The number of carbonyl (C=O) groups is 2. The third kappa shape index (κ3) is 3.24. The molecule has 5 heteroatoms. The van der Waals surface area contributed by atoms with Crippen LogP contribution in [0, 0.1) is 23.2 Å². The number of hydrogen-bond donors (Lipinski definition) is 1. The SMILES string of the molecule is O=C(NCc1cccc(Cl)c1)[C@H]1CCCN1C(=O)C12CC3CC(CC(C3)C1)C2. The summed E-state index contributed by atoms with van der Waals surface area (Å²) in [5.41, 5.74) is 0.822. The number of likely N-dealkylation sites (tertiary alicyclic amines) is 1. The van der Waals surface area contributed by atoms with Crippen LogP contribution in [0.4, 0.5) is 0 Å². The number of rotatable bonds is 4. The molecule has 5 fully saturated rings. The Labute approximate surface area is 172 Å². The van der Waals surface area contributed by atoms with Crippen LogP contribution in [0.5, 0.6) is 0 Å². The molecule has 1 aromatic carbocycles. The molecule has 4 saturated carbocycles. The molecular weight excluding hydrogens is 372 g/mol. The lowest BCUT2D eigenvalue weighted by molar-refractivity contribution is -0.160. The van der Waals surface area contributed by atoms with Gasteiger partial charge in [-0.2, -0.15) is 0 Å². The Morgan fingerprint density at radius 1 is 1.11 bits per heavy atom. The Hall–Kier alpha value is -1.55. The highest BCUT2D eigenvalue weighted by Gasteiger charge is 2.56. The topological polar surface area (TPSA) is 49.4 Å². The molecule has 1 aromatic rings.